The first kappa shape index (κ1) is 14.6. The van der Waals surface area contributed by atoms with E-state index < -0.39 is 11.4 Å². The lowest BCUT2D eigenvalue weighted by atomic mass is 9.63. The van der Waals surface area contributed by atoms with Crippen molar-refractivity contribution in [2.45, 2.75) is 64.2 Å². The molecular formula is C19H26O2. The topological polar surface area (TPSA) is 37.3 Å². The average molecular weight is 286 g/mol. The summed E-state index contributed by atoms with van der Waals surface area (Å²) in [5.41, 5.74) is 2.38. The molecule has 1 fully saturated rings. The van der Waals surface area contributed by atoms with Gasteiger partial charge in [-0.2, -0.15) is 0 Å². The lowest BCUT2D eigenvalue weighted by Crippen LogP contribution is -2.37. The van der Waals surface area contributed by atoms with Crippen LogP contribution in [0.4, 0.5) is 0 Å². The predicted molar refractivity (Wildman–Crippen MR) is 84.4 cm³/mol. The molecule has 0 bridgehead atoms. The summed E-state index contributed by atoms with van der Waals surface area (Å²) >= 11 is 0. The van der Waals surface area contributed by atoms with Crippen molar-refractivity contribution in [3.05, 3.63) is 35.4 Å². The van der Waals surface area contributed by atoms with Crippen LogP contribution in [-0.2, 0) is 11.2 Å². The Bertz CT molecular complexity index is 522. The van der Waals surface area contributed by atoms with E-state index in [0.29, 0.717) is 11.8 Å². The van der Waals surface area contributed by atoms with Crippen LogP contribution in [0.1, 0.15) is 68.9 Å². The Morgan fingerprint density at radius 1 is 1.29 bits per heavy atom. The van der Waals surface area contributed by atoms with Gasteiger partial charge in [-0.3, -0.25) is 4.79 Å². The van der Waals surface area contributed by atoms with Gasteiger partial charge in [-0.1, -0.05) is 44.0 Å². The maximum atomic E-state index is 12.0. The maximum absolute atomic E-state index is 12.0. The lowest BCUT2D eigenvalue weighted by molar-refractivity contribution is -0.153. The third-order valence-corrected chi connectivity index (χ3v) is 5.68. The minimum absolute atomic E-state index is 0.441. The van der Waals surface area contributed by atoms with Crippen LogP contribution in [-0.4, -0.2) is 11.1 Å². The minimum Gasteiger partial charge on any atom is -0.481 e. The first-order chi connectivity index (χ1) is 10.1. The number of fused-ring (bicyclic) bond motifs is 1. The van der Waals surface area contributed by atoms with E-state index in [1.54, 1.807) is 0 Å². The van der Waals surface area contributed by atoms with Crippen LogP contribution in [0, 0.1) is 11.3 Å². The third-order valence-electron chi connectivity index (χ3n) is 5.68. The van der Waals surface area contributed by atoms with Gasteiger partial charge in [0.2, 0.25) is 0 Å². The summed E-state index contributed by atoms with van der Waals surface area (Å²) in [4.78, 5) is 12.0. The zero-order chi connectivity index (χ0) is 14.9. The quantitative estimate of drug-likeness (QED) is 0.868. The van der Waals surface area contributed by atoms with Crippen molar-refractivity contribution in [2.75, 3.05) is 0 Å². The van der Waals surface area contributed by atoms with Gasteiger partial charge in [-0.05, 0) is 61.5 Å². The highest BCUT2D eigenvalue weighted by Crippen LogP contribution is 2.48. The molecule has 3 atom stereocenters. The summed E-state index contributed by atoms with van der Waals surface area (Å²) < 4.78 is 0. The first-order valence-electron chi connectivity index (χ1n) is 8.42. The van der Waals surface area contributed by atoms with Crippen molar-refractivity contribution in [1.82, 2.24) is 0 Å². The fourth-order valence-electron chi connectivity index (χ4n) is 4.67. The molecule has 21 heavy (non-hydrogen) atoms. The highest BCUT2D eigenvalue weighted by molar-refractivity contribution is 5.75. The highest BCUT2D eigenvalue weighted by atomic mass is 16.4. The second-order valence-electron chi connectivity index (χ2n) is 7.28. The van der Waals surface area contributed by atoms with Crippen LogP contribution in [0.2, 0.25) is 0 Å². The van der Waals surface area contributed by atoms with E-state index in [1.165, 1.54) is 24.0 Å². The van der Waals surface area contributed by atoms with Gasteiger partial charge in [0.25, 0.3) is 0 Å². The molecule has 0 aromatic heterocycles. The summed E-state index contributed by atoms with van der Waals surface area (Å²) in [6.45, 7) is 2.21. The molecule has 1 aromatic rings. The fraction of sp³-hybridized carbons (Fsp3) is 0.632. The highest BCUT2D eigenvalue weighted by Gasteiger charge is 2.44. The summed E-state index contributed by atoms with van der Waals surface area (Å²) in [6, 6.07) is 8.66. The van der Waals surface area contributed by atoms with E-state index in [9.17, 15) is 9.90 Å². The monoisotopic (exact) mass is 286 g/mol. The van der Waals surface area contributed by atoms with Crippen LogP contribution >= 0.6 is 0 Å². The molecule has 0 saturated heterocycles. The molecule has 3 rings (SSSR count). The second kappa shape index (κ2) is 5.82. The number of aryl methyl sites for hydroxylation is 1. The Balaban J connectivity index is 1.86. The number of hydrogen-bond acceptors (Lipinski definition) is 1. The number of rotatable bonds is 3. The van der Waals surface area contributed by atoms with Crippen LogP contribution in [0.15, 0.2) is 24.3 Å². The van der Waals surface area contributed by atoms with E-state index in [0.717, 1.165) is 38.5 Å². The van der Waals surface area contributed by atoms with Crippen LogP contribution in [0.5, 0.6) is 0 Å². The molecule has 0 heterocycles. The number of aliphatic carboxylic acids is 1. The van der Waals surface area contributed by atoms with E-state index in [1.807, 2.05) is 0 Å². The standard InChI is InChI=1S/C19H26O2/c1-14-6-5-11-19(12-14,18(20)21)13-16-9-4-8-15-7-2-3-10-17(15)16/h2-3,7,10,14,16H,4-6,8-9,11-13H2,1H3,(H,20,21). The maximum Gasteiger partial charge on any atom is 0.309 e. The molecule has 2 aliphatic carbocycles. The molecule has 114 valence electrons. The Hall–Kier alpha value is -1.31. The molecular weight excluding hydrogens is 260 g/mol. The normalized spacial score (nSPS) is 32.4. The molecule has 2 aliphatic rings. The third kappa shape index (κ3) is 2.86. The zero-order valence-corrected chi connectivity index (χ0v) is 13.0. The van der Waals surface area contributed by atoms with Crippen molar-refractivity contribution < 1.29 is 9.90 Å². The van der Waals surface area contributed by atoms with Crippen molar-refractivity contribution in [2.24, 2.45) is 11.3 Å². The molecule has 2 heteroatoms. The van der Waals surface area contributed by atoms with Gasteiger partial charge >= 0.3 is 5.97 Å². The molecule has 0 amide bonds. The summed E-state index contributed by atoms with van der Waals surface area (Å²) in [5.74, 6) is 0.433. The van der Waals surface area contributed by atoms with Crippen molar-refractivity contribution in [3.8, 4) is 0 Å². The number of hydrogen-bond donors (Lipinski definition) is 1. The number of carboxylic acid groups (broad SMARTS) is 1. The van der Waals surface area contributed by atoms with Crippen LogP contribution in [0.25, 0.3) is 0 Å². The van der Waals surface area contributed by atoms with Crippen LogP contribution < -0.4 is 0 Å². The van der Waals surface area contributed by atoms with Gasteiger partial charge in [0.1, 0.15) is 0 Å². The van der Waals surface area contributed by atoms with Gasteiger partial charge in [0.15, 0.2) is 0 Å². The summed E-state index contributed by atoms with van der Waals surface area (Å²) in [6.07, 6.45) is 8.34. The fourth-order valence-corrected chi connectivity index (χ4v) is 4.67. The van der Waals surface area contributed by atoms with Gasteiger partial charge in [0, 0.05) is 0 Å². The Morgan fingerprint density at radius 3 is 2.86 bits per heavy atom. The largest absolute Gasteiger partial charge is 0.481 e. The van der Waals surface area contributed by atoms with Gasteiger partial charge in [-0.15, -0.1) is 0 Å². The van der Waals surface area contributed by atoms with Gasteiger partial charge < -0.3 is 5.11 Å². The average Bonchev–Trinajstić information content (AvgIpc) is 2.47. The Kier molecular flexibility index (Phi) is 4.05. The Labute approximate surface area is 127 Å². The first-order valence-corrected chi connectivity index (χ1v) is 8.42. The van der Waals surface area contributed by atoms with E-state index in [4.69, 9.17) is 0 Å². The van der Waals surface area contributed by atoms with Crippen molar-refractivity contribution in [1.29, 1.82) is 0 Å². The molecule has 0 aliphatic heterocycles. The zero-order valence-electron chi connectivity index (χ0n) is 13.0. The molecule has 0 spiro atoms. The Morgan fingerprint density at radius 2 is 2.10 bits per heavy atom. The predicted octanol–water partition coefficient (Wildman–Crippen LogP) is 4.78. The number of benzene rings is 1. The van der Waals surface area contributed by atoms with Crippen molar-refractivity contribution >= 4 is 5.97 Å². The second-order valence-corrected chi connectivity index (χ2v) is 7.28. The molecule has 1 aromatic carbocycles. The molecule has 3 unspecified atom stereocenters. The molecule has 2 nitrogen and oxygen atoms in total. The summed E-state index contributed by atoms with van der Waals surface area (Å²) in [7, 11) is 0. The van der Waals surface area contributed by atoms with Gasteiger partial charge in [0.05, 0.1) is 5.41 Å². The lowest BCUT2D eigenvalue weighted by Gasteiger charge is -2.40. The number of carboxylic acids is 1. The van der Waals surface area contributed by atoms with E-state index >= 15 is 0 Å². The van der Waals surface area contributed by atoms with Crippen LogP contribution in [0.3, 0.4) is 0 Å². The minimum atomic E-state index is -0.558. The number of carbonyl (C=O) groups is 1. The summed E-state index contributed by atoms with van der Waals surface area (Å²) in [5, 5.41) is 9.89. The van der Waals surface area contributed by atoms with E-state index in [2.05, 4.69) is 31.2 Å². The molecule has 0 radical (unpaired) electrons. The van der Waals surface area contributed by atoms with E-state index in [-0.39, 0.29) is 0 Å². The molecule has 1 saturated carbocycles. The smallest absolute Gasteiger partial charge is 0.309 e. The SMILES string of the molecule is CC1CCCC(CC2CCCc3ccccc32)(C(=O)O)C1. The van der Waals surface area contributed by atoms with Crippen molar-refractivity contribution in [3.63, 3.8) is 0 Å². The van der Waals surface area contributed by atoms with Gasteiger partial charge in [-0.25, -0.2) is 0 Å². The molecule has 1 N–H and O–H groups in total.